The van der Waals surface area contributed by atoms with Crippen molar-refractivity contribution in [2.45, 2.75) is 20.3 Å². The fourth-order valence-corrected chi connectivity index (χ4v) is 1.32. The molecule has 1 nitrogen and oxygen atoms in total. The molecule has 1 heteroatoms. The van der Waals surface area contributed by atoms with E-state index in [9.17, 15) is 0 Å². The maximum Gasteiger partial charge on any atom is 0.0385 e. The molecule has 1 unspecified atom stereocenters. The highest BCUT2D eigenvalue weighted by Gasteiger charge is 2.13. The van der Waals surface area contributed by atoms with Gasteiger partial charge in [-0.1, -0.05) is 24.6 Å². The van der Waals surface area contributed by atoms with Crippen LogP contribution in [0.2, 0.25) is 0 Å². The third-order valence-corrected chi connectivity index (χ3v) is 1.97. The minimum absolute atomic E-state index is 0.380. The smallest absolute Gasteiger partial charge is 0.0385 e. The number of hydrogen-bond donors (Lipinski definition) is 1. The highest BCUT2D eigenvalue weighted by molar-refractivity contribution is 5.97. The molecule has 54 valence electrons. The van der Waals surface area contributed by atoms with Crippen molar-refractivity contribution in [3.05, 3.63) is 23.8 Å². The van der Waals surface area contributed by atoms with Crippen LogP contribution in [-0.2, 0) is 0 Å². The minimum atomic E-state index is 0.380. The van der Waals surface area contributed by atoms with Crippen molar-refractivity contribution in [3.8, 4) is 0 Å². The maximum atomic E-state index is 7.55. The van der Waals surface area contributed by atoms with Crippen LogP contribution < -0.4 is 0 Å². The summed E-state index contributed by atoms with van der Waals surface area (Å²) in [5.74, 6) is 0.380. The van der Waals surface area contributed by atoms with Crippen LogP contribution in [0.4, 0.5) is 0 Å². The molecular formula is C9H13N. The van der Waals surface area contributed by atoms with E-state index in [4.69, 9.17) is 5.41 Å². The largest absolute Gasteiger partial charge is 0.305 e. The molecule has 0 spiro atoms. The Labute approximate surface area is 62.0 Å². The van der Waals surface area contributed by atoms with E-state index in [2.05, 4.69) is 19.9 Å². The van der Waals surface area contributed by atoms with Crippen LogP contribution in [0.5, 0.6) is 0 Å². The van der Waals surface area contributed by atoms with Gasteiger partial charge in [0.25, 0.3) is 0 Å². The summed E-state index contributed by atoms with van der Waals surface area (Å²) in [6.45, 7) is 4.21. The zero-order chi connectivity index (χ0) is 7.56. The topological polar surface area (TPSA) is 23.9 Å². The van der Waals surface area contributed by atoms with Crippen molar-refractivity contribution >= 4 is 5.71 Å². The summed E-state index contributed by atoms with van der Waals surface area (Å²) in [6.07, 6.45) is 6.96. The predicted molar refractivity (Wildman–Crippen MR) is 44.4 cm³/mol. The van der Waals surface area contributed by atoms with Gasteiger partial charge in [0, 0.05) is 11.6 Å². The summed E-state index contributed by atoms with van der Waals surface area (Å²) < 4.78 is 0. The molecule has 10 heavy (non-hydrogen) atoms. The molecule has 0 fully saturated rings. The molecule has 0 bridgehead atoms. The average molecular weight is 135 g/mol. The van der Waals surface area contributed by atoms with Crippen LogP contribution in [0.1, 0.15) is 20.3 Å². The van der Waals surface area contributed by atoms with Crippen molar-refractivity contribution in [2.75, 3.05) is 0 Å². The van der Waals surface area contributed by atoms with Crippen LogP contribution in [0.25, 0.3) is 0 Å². The lowest BCUT2D eigenvalue weighted by Gasteiger charge is -2.16. The molecule has 0 aromatic heterocycles. The fourth-order valence-electron chi connectivity index (χ4n) is 1.32. The van der Waals surface area contributed by atoms with Gasteiger partial charge in [-0.05, 0) is 19.4 Å². The molecule has 0 saturated heterocycles. The van der Waals surface area contributed by atoms with Gasteiger partial charge in [-0.25, -0.2) is 0 Å². The molecule has 0 aromatic carbocycles. The second-order valence-electron chi connectivity index (χ2n) is 2.69. The second-order valence-corrected chi connectivity index (χ2v) is 2.69. The van der Waals surface area contributed by atoms with E-state index < -0.39 is 0 Å². The van der Waals surface area contributed by atoms with Crippen molar-refractivity contribution in [2.24, 2.45) is 5.92 Å². The third-order valence-electron chi connectivity index (χ3n) is 1.97. The summed E-state index contributed by atoms with van der Waals surface area (Å²) in [4.78, 5) is 0. The van der Waals surface area contributed by atoms with Crippen LogP contribution in [0.3, 0.4) is 0 Å². The first-order valence-electron chi connectivity index (χ1n) is 3.69. The quantitative estimate of drug-likeness (QED) is 0.571. The molecule has 1 N–H and O–H groups in total. The first kappa shape index (κ1) is 7.26. The van der Waals surface area contributed by atoms with Gasteiger partial charge in [-0.2, -0.15) is 0 Å². The zero-order valence-electron chi connectivity index (χ0n) is 6.52. The molecule has 1 aliphatic rings. The lowest BCUT2D eigenvalue weighted by molar-refractivity contribution is 0.762. The van der Waals surface area contributed by atoms with Crippen molar-refractivity contribution < 1.29 is 0 Å². The van der Waals surface area contributed by atoms with Gasteiger partial charge in [0.15, 0.2) is 0 Å². The number of hydrogen-bond acceptors (Lipinski definition) is 1. The van der Waals surface area contributed by atoms with E-state index in [0.717, 1.165) is 12.1 Å². The Morgan fingerprint density at radius 2 is 2.30 bits per heavy atom. The highest BCUT2D eigenvalue weighted by Crippen LogP contribution is 2.19. The Bertz CT molecular complexity index is 199. The Morgan fingerprint density at radius 1 is 1.60 bits per heavy atom. The second kappa shape index (κ2) is 2.82. The molecule has 1 rings (SSSR count). The molecule has 1 aliphatic carbocycles. The molecule has 0 heterocycles. The first-order chi connectivity index (χ1) is 4.75. The molecule has 1 atom stereocenters. The van der Waals surface area contributed by atoms with Crippen molar-refractivity contribution in [1.29, 1.82) is 5.41 Å². The van der Waals surface area contributed by atoms with E-state index in [1.54, 1.807) is 0 Å². The summed E-state index contributed by atoms with van der Waals surface area (Å²) in [7, 11) is 0. The van der Waals surface area contributed by atoms with Crippen LogP contribution in [-0.4, -0.2) is 5.71 Å². The van der Waals surface area contributed by atoms with E-state index in [1.807, 2.05) is 12.2 Å². The van der Waals surface area contributed by atoms with Crippen molar-refractivity contribution in [1.82, 2.24) is 0 Å². The van der Waals surface area contributed by atoms with E-state index in [0.29, 0.717) is 5.92 Å². The Balaban J connectivity index is 2.81. The number of rotatable bonds is 1. The Morgan fingerprint density at radius 3 is 2.70 bits per heavy atom. The fraction of sp³-hybridized carbons (Fsp3) is 0.444. The SMILES string of the molecule is CCC1C(=N)C=CC=C1C. The van der Waals surface area contributed by atoms with E-state index in [-0.39, 0.29) is 0 Å². The minimum Gasteiger partial charge on any atom is -0.305 e. The summed E-state index contributed by atoms with van der Waals surface area (Å²) >= 11 is 0. The van der Waals surface area contributed by atoms with E-state index >= 15 is 0 Å². The van der Waals surface area contributed by atoms with Gasteiger partial charge in [-0.15, -0.1) is 0 Å². The predicted octanol–water partition coefficient (Wildman–Crippen LogP) is 2.55. The molecule has 0 amide bonds. The summed E-state index contributed by atoms with van der Waals surface area (Å²) in [5, 5.41) is 7.55. The zero-order valence-corrected chi connectivity index (χ0v) is 6.52. The van der Waals surface area contributed by atoms with Gasteiger partial charge in [0.1, 0.15) is 0 Å². The van der Waals surface area contributed by atoms with Crippen LogP contribution in [0, 0.1) is 11.3 Å². The van der Waals surface area contributed by atoms with Gasteiger partial charge in [-0.3, -0.25) is 0 Å². The van der Waals surface area contributed by atoms with E-state index in [1.165, 1.54) is 5.57 Å². The lowest BCUT2D eigenvalue weighted by atomic mass is 9.89. The lowest BCUT2D eigenvalue weighted by Crippen LogP contribution is -2.13. The standard InChI is InChI=1S/C9H13N/c1-3-8-7(2)5-4-6-9(8)10/h4-6,8,10H,3H2,1-2H3. The molecule has 0 aromatic rings. The average Bonchev–Trinajstić information content (AvgIpc) is 1.88. The number of allylic oxidation sites excluding steroid dienone is 4. The molecule has 0 aliphatic heterocycles. The summed E-state index contributed by atoms with van der Waals surface area (Å²) in [5.41, 5.74) is 2.07. The molecular weight excluding hydrogens is 122 g/mol. The highest BCUT2D eigenvalue weighted by atomic mass is 14.4. The number of nitrogens with one attached hydrogen (secondary N) is 1. The van der Waals surface area contributed by atoms with Gasteiger partial charge >= 0.3 is 0 Å². The normalized spacial score (nSPS) is 24.8. The first-order valence-corrected chi connectivity index (χ1v) is 3.69. The summed E-state index contributed by atoms with van der Waals surface area (Å²) in [6, 6.07) is 0. The Hall–Kier alpha value is -0.850. The monoisotopic (exact) mass is 135 g/mol. The third kappa shape index (κ3) is 1.18. The van der Waals surface area contributed by atoms with Crippen molar-refractivity contribution in [3.63, 3.8) is 0 Å². The maximum absolute atomic E-state index is 7.55. The Kier molecular flexibility index (Phi) is 2.05. The van der Waals surface area contributed by atoms with Crippen LogP contribution >= 0.6 is 0 Å². The van der Waals surface area contributed by atoms with Gasteiger partial charge < -0.3 is 5.41 Å². The van der Waals surface area contributed by atoms with Gasteiger partial charge in [0.2, 0.25) is 0 Å². The van der Waals surface area contributed by atoms with Gasteiger partial charge in [0.05, 0.1) is 0 Å². The van der Waals surface area contributed by atoms with Crippen LogP contribution in [0.15, 0.2) is 23.8 Å². The molecule has 0 radical (unpaired) electrons. The molecule has 0 saturated carbocycles.